The van der Waals surface area contributed by atoms with Crippen LogP contribution in [0, 0.1) is 0 Å². The summed E-state index contributed by atoms with van der Waals surface area (Å²) in [5.74, 6) is 0. The molecule has 5 heteroatoms. The highest BCUT2D eigenvalue weighted by Crippen LogP contribution is 2.32. The van der Waals surface area contributed by atoms with Gasteiger partial charge in [0.25, 0.3) is 0 Å². The van der Waals surface area contributed by atoms with Gasteiger partial charge in [-0.3, -0.25) is 4.90 Å². The van der Waals surface area contributed by atoms with Crippen molar-refractivity contribution < 1.29 is 4.74 Å². The first-order valence-corrected chi connectivity index (χ1v) is 8.80. The first-order chi connectivity index (χ1) is 9.93. The van der Waals surface area contributed by atoms with E-state index in [-0.39, 0.29) is 17.6 Å². The van der Waals surface area contributed by atoms with Gasteiger partial charge in [-0.2, -0.15) is 0 Å². The number of morpholine rings is 1. The van der Waals surface area contributed by atoms with Crippen LogP contribution in [0.2, 0.25) is 0 Å². The summed E-state index contributed by atoms with van der Waals surface area (Å²) in [5, 5.41) is 6.90. The third kappa shape index (κ3) is 4.25. The second-order valence-electron chi connectivity index (χ2n) is 6.87. The van der Waals surface area contributed by atoms with Crippen LogP contribution in [0.4, 0.5) is 0 Å². The summed E-state index contributed by atoms with van der Waals surface area (Å²) >= 11 is 1.77. The third-order valence-corrected chi connectivity index (χ3v) is 5.13. The molecule has 0 spiro atoms. The predicted molar refractivity (Wildman–Crippen MR) is 89.1 cm³/mol. The number of hydrogen-bond donors (Lipinski definition) is 1. The summed E-state index contributed by atoms with van der Waals surface area (Å²) < 4.78 is 6.02. The van der Waals surface area contributed by atoms with Gasteiger partial charge >= 0.3 is 0 Å². The minimum atomic E-state index is 0.118. The van der Waals surface area contributed by atoms with E-state index in [1.54, 1.807) is 11.3 Å². The summed E-state index contributed by atoms with van der Waals surface area (Å²) in [6, 6.07) is 0.260. The summed E-state index contributed by atoms with van der Waals surface area (Å²) in [5.41, 5.74) is 1.28. The summed E-state index contributed by atoms with van der Waals surface area (Å²) in [6.07, 6.45) is 1.34. The average Bonchev–Trinajstić information content (AvgIpc) is 2.88. The Kier molecular flexibility index (Phi) is 5.77. The van der Waals surface area contributed by atoms with Crippen LogP contribution in [0.3, 0.4) is 0 Å². The van der Waals surface area contributed by atoms with E-state index < -0.39 is 0 Å². The normalized spacial score (nSPS) is 24.4. The zero-order valence-electron chi connectivity index (χ0n) is 14.0. The van der Waals surface area contributed by atoms with Gasteiger partial charge < -0.3 is 10.1 Å². The molecule has 0 aliphatic carbocycles. The summed E-state index contributed by atoms with van der Waals surface area (Å²) in [7, 11) is 2.18. The largest absolute Gasteiger partial charge is 0.374 e. The lowest BCUT2D eigenvalue weighted by molar-refractivity contribution is -0.0624. The molecule has 1 N–H and O–H groups in total. The number of hydrogen-bond acceptors (Lipinski definition) is 5. The van der Waals surface area contributed by atoms with Gasteiger partial charge in [0.1, 0.15) is 0 Å². The minimum Gasteiger partial charge on any atom is -0.374 e. The fourth-order valence-corrected chi connectivity index (χ4v) is 3.57. The van der Waals surface area contributed by atoms with Crippen molar-refractivity contribution in [1.29, 1.82) is 0 Å². The minimum absolute atomic E-state index is 0.118. The maximum absolute atomic E-state index is 6.02. The fourth-order valence-electron chi connectivity index (χ4n) is 2.64. The molecular weight excluding hydrogens is 282 g/mol. The van der Waals surface area contributed by atoms with Crippen LogP contribution in [-0.2, 0) is 10.2 Å². The van der Waals surface area contributed by atoms with Crippen LogP contribution < -0.4 is 5.32 Å². The molecule has 1 fully saturated rings. The van der Waals surface area contributed by atoms with E-state index >= 15 is 0 Å². The van der Waals surface area contributed by atoms with Gasteiger partial charge in [-0.1, -0.05) is 27.7 Å². The average molecular weight is 311 g/mol. The number of likely N-dealkylation sites (N-methyl/N-ethyl adjacent to an activating group) is 1. The molecule has 0 aromatic carbocycles. The number of nitrogens with one attached hydrogen (secondary N) is 1. The molecular formula is C16H29N3OS. The lowest BCUT2D eigenvalue weighted by Gasteiger charge is -2.38. The number of thiazole rings is 1. The number of aromatic nitrogens is 1. The van der Waals surface area contributed by atoms with E-state index in [2.05, 4.69) is 50.3 Å². The fraction of sp³-hybridized carbons (Fsp3) is 0.812. The van der Waals surface area contributed by atoms with E-state index in [0.29, 0.717) is 0 Å². The molecule has 2 heterocycles. The Balaban J connectivity index is 2.13. The Morgan fingerprint density at radius 1 is 1.48 bits per heavy atom. The molecule has 1 aromatic rings. The molecule has 4 nitrogen and oxygen atoms in total. The number of ether oxygens (including phenoxy) is 1. The van der Waals surface area contributed by atoms with Gasteiger partial charge in [0, 0.05) is 23.9 Å². The van der Waals surface area contributed by atoms with Gasteiger partial charge in [0.2, 0.25) is 0 Å². The van der Waals surface area contributed by atoms with Gasteiger partial charge in [0.15, 0.2) is 0 Å². The second-order valence-corrected chi connectivity index (χ2v) is 7.72. The van der Waals surface area contributed by atoms with E-state index in [0.717, 1.165) is 38.4 Å². The van der Waals surface area contributed by atoms with Crippen molar-refractivity contribution in [2.75, 3.05) is 33.3 Å². The predicted octanol–water partition coefficient (Wildman–Crippen LogP) is 2.81. The molecule has 21 heavy (non-hydrogen) atoms. The Morgan fingerprint density at radius 3 is 2.86 bits per heavy atom. The van der Waals surface area contributed by atoms with Gasteiger partial charge in [-0.15, -0.1) is 11.3 Å². The highest BCUT2D eigenvalue weighted by molar-refractivity contribution is 7.09. The summed E-state index contributed by atoms with van der Waals surface area (Å²) in [6.45, 7) is 12.6. The zero-order valence-corrected chi connectivity index (χ0v) is 14.8. The van der Waals surface area contributed by atoms with Crippen LogP contribution in [0.5, 0.6) is 0 Å². The quantitative estimate of drug-likeness (QED) is 0.849. The van der Waals surface area contributed by atoms with Crippen LogP contribution in [-0.4, -0.2) is 49.3 Å². The number of nitrogens with zero attached hydrogens (tertiary/aromatic N) is 2. The molecule has 0 radical (unpaired) electrons. The van der Waals surface area contributed by atoms with Crippen LogP contribution >= 0.6 is 11.3 Å². The topological polar surface area (TPSA) is 37.4 Å². The first kappa shape index (κ1) is 16.9. The molecule has 0 amide bonds. The van der Waals surface area contributed by atoms with Crippen molar-refractivity contribution in [2.45, 2.75) is 51.7 Å². The Hall–Kier alpha value is -0.490. The maximum Gasteiger partial charge on any atom is 0.0982 e. The lowest BCUT2D eigenvalue weighted by Crippen LogP contribution is -2.47. The Morgan fingerprint density at radius 2 is 2.24 bits per heavy atom. The van der Waals surface area contributed by atoms with E-state index in [4.69, 9.17) is 9.72 Å². The Labute approximate surface area is 132 Å². The van der Waals surface area contributed by atoms with Crippen molar-refractivity contribution in [3.63, 3.8) is 0 Å². The molecule has 0 bridgehead atoms. The zero-order chi connectivity index (χ0) is 15.5. The monoisotopic (exact) mass is 311 g/mol. The smallest absolute Gasteiger partial charge is 0.0982 e. The maximum atomic E-state index is 6.02. The SMILES string of the molecule is CCCNCC1OCCN(C)C1c1csc(C(C)(C)C)n1. The highest BCUT2D eigenvalue weighted by atomic mass is 32.1. The molecule has 1 saturated heterocycles. The molecule has 120 valence electrons. The summed E-state index contributed by atoms with van der Waals surface area (Å²) in [4.78, 5) is 7.28. The van der Waals surface area contributed by atoms with Gasteiger partial charge in [-0.25, -0.2) is 4.98 Å². The van der Waals surface area contributed by atoms with Crippen LogP contribution in [0.25, 0.3) is 0 Å². The third-order valence-electron chi connectivity index (χ3n) is 3.84. The molecule has 2 rings (SSSR count). The van der Waals surface area contributed by atoms with Crippen LogP contribution in [0.15, 0.2) is 5.38 Å². The molecule has 1 aliphatic rings. The first-order valence-electron chi connectivity index (χ1n) is 7.92. The van der Waals surface area contributed by atoms with E-state index in [9.17, 15) is 0 Å². The van der Waals surface area contributed by atoms with E-state index in [1.807, 2.05) is 0 Å². The van der Waals surface area contributed by atoms with Gasteiger partial charge in [-0.05, 0) is 20.0 Å². The highest BCUT2D eigenvalue weighted by Gasteiger charge is 2.33. The van der Waals surface area contributed by atoms with Gasteiger partial charge in [0.05, 0.1) is 29.5 Å². The van der Waals surface area contributed by atoms with Crippen molar-refractivity contribution in [3.8, 4) is 0 Å². The van der Waals surface area contributed by atoms with Crippen molar-refractivity contribution in [3.05, 3.63) is 16.1 Å². The van der Waals surface area contributed by atoms with Crippen molar-refractivity contribution in [2.24, 2.45) is 0 Å². The molecule has 0 saturated carbocycles. The molecule has 1 aliphatic heterocycles. The number of rotatable bonds is 5. The van der Waals surface area contributed by atoms with Crippen molar-refractivity contribution >= 4 is 11.3 Å². The molecule has 1 aromatic heterocycles. The second kappa shape index (κ2) is 7.18. The standard InChI is InChI=1S/C16H29N3OS/c1-6-7-17-10-13-14(19(5)8-9-20-13)12-11-21-15(18-12)16(2,3)4/h11,13-14,17H,6-10H2,1-5H3. The molecule has 2 unspecified atom stereocenters. The van der Waals surface area contributed by atoms with Crippen molar-refractivity contribution in [1.82, 2.24) is 15.2 Å². The molecule has 2 atom stereocenters. The Bertz CT molecular complexity index is 441. The van der Waals surface area contributed by atoms with Crippen LogP contribution in [0.1, 0.15) is 50.9 Å². The lowest BCUT2D eigenvalue weighted by atomic mass is 9.98. The van der Waals surface area contributed by atoms with E-state index in [1.165, 1.54) is 5.01 Å².